The van der Waals surface area contributed by atoms with E-state index >= 15 is 0 Å². The van der Waals surface area contributed by atoms with Gasteiger partial charge in [-0.15, -0.1) is 0 Å². The van der Waals surface area contributed by atoms with Crippen LogP contribution in [0, 0.1) is 11.2 Å². The van der Waals surface area contributed by atoms with Crippen molar-refractivity contribution in [2.24, 2.45) is 0 Å². The predicted octanol–water partition coefficient (Wildman–Crippen LogP) is -2.46. The van der Waals surface area contributed by atoms with Gasteiger partial charge in [-0.05, 0) is 12.1 Å². The second-order valence-electron chi connectivity index (χ2n) is 2.05. The molecule has 0 radical (unpaired) electrons. The molecule has 0 N–H and O–H groups in total. The molecular weight excluding hydrogens is 199 g/mol. The van der Waals surface area contributed by atoms with E-state index in [2.05, 4.69) is 5.92 Å². The van der Waals surface area contributed by atoms with E-state index in [1.54, 1.807) is 35.6 Å². The summed E-state index contributed by atoms with van der Waals surface area (Å²) in [7, 11) is -4.43. The Morgan fingerprint density at radius 1 is 1.15 bits per heavy atom. The normalized spacial score (nSPS) is 9.31. The molecule has 0 aliphatic heterocycles. The monoisotopic (exact) mass is 204 g/mol. The number of rotatable bonds is 0. The summed E-state index contributed by atoms with van der Waals surface area (Å²) in [6.07, 6.45) is 0. The van der Waals surface area contributed by atoms with E-state index < -0.39 is 10.1 Å². The van der Waals surface area contributed by atoms with E-state index in [0.717, 1.165) is 0 Å². The van der Waals surface area contributed by atoms with Crippen LogP contribution < -0.4 is 29.6 Å². The zero-order valence-electron chi connectivity index (χ0n) is 7.02. The third kappa shape index (κ3) is 5.86. The molecule has 0 heterocycles. The standard InChI is InChI=1S/C8H6O3S.Na/c9-12(10,11)7-6-8-4-2-1-3-5-8;/h1-5H,(H,9,10,11);/q;+1/p-1. The molecule has 5 heteroatoms. The molecule has 1 aromatic carbocycles. The molecule has 0 aromatic heterocycles. The minimum absolute atomic E-state index is 0. The average molecular weight is 204 g/mol. The van der Waals surface area contributed by atoms with Crippen LogP contribution in [0.1, 0.15) is 5.56 Å². The Hall–Kier alpha value is -0.310. The molecule has 3 nitrogen and oxygen atoms in total. The van der Waals surface area contributed by atoms with Crippen LogP contribution in [0.15, 0.2) is 30.3 Å². The fraction of sp³-hybridized carbons (Fsp3) is 0. The van der Waals surface area contributed by atoms with Gasteiger partial charge in [0.05, 0.1) is 0 Å². The van der Waals surface area contributed by atoms with Gasteiger partial charge in [-0.1, -0.05) is 24.1 Å². The van der Waals surface area contributed by atoms with Crippen molar-refractivity contribution in [1.82, 2.24) is 0 Å². The summed E-state index contributed by atoms with van der Waals surface area (Å²) in [5.41, 5.74) is 0.511. The van der Waals surface area contributed by atoms with Crippen LogP contribution >= 0.6 is 0 Å². The summed E-state index contributed by atoms with van der Waals surface area (Å²) in [5.74, 6) is 2.23. The van der Waals surface area contributed by atoms with Crippen molar-refractivity contribution in [1.29, 1.82) is 0 Å². The second-order valence-corrected chi connectivity index (χ2v) is 3.16. The van der Waals surface area contributed by atoms with E-state index in [1.807, 2.05) is 0 Å². The Bertz CT molecular complexity index is 414. The average Bonchev–Trinajstić information content (AvgIpc) is 2.02. The van der Waals surface area contributed by atoms with Crippen LogP contribution in [0.4, 0.5) is 0 Å². The predicted molar refractivity (Wildman–Crippen MR) is 43.0 cm³/mol. The van der Waals surface area contributed by atoms with Gasteiger partial charge in [-0.25, -0.2) is 8.42 Å². The van der Waals surface area contributed by atoms with Gasteiger partial charge in [0, 0.05) is 10.8 Å². The van der Waals surface area contributed by atoms with Crippen molar-refractivity contribution < 1.29 is 42.5 Å². The minimum Gasteiger partial charge on any atom is -0.738 e. The number of hydrogen-bond acceptors (Lipinski definition) is 3. The molecule has 0 atom stereocenters. The first kappa shape index (κ1) is 12.7. The molecule has 13 heavy (non-hydrogen) atoms. The van der Waals surface area contributed by atoms with Crippen LogP contribution in [-0.2, 0) is 10.1 Å². The fourth-order valence-corrected chi connectivity index (χ4v) is 0.886. The van der Waals surface area contributed by atoms with Crippen molar-refractivity contribution in [2.45, 2.75) is 0 Å². The first-order valence-electron chi connectivity index (χ1n) is 3.11. The number of hydrogen-bond donors (Lipinski definition) is 0. The third-order valence-corrected chi connectivity index (χ3v) is 1.45. The molecule has 1 rings (SSSR count). The Balaban J connectivity index is 0.00000144. The molecule has 0 unspecified atom stereocenters. The van der Waals surface area contributed by atoms with Crippen molar-refractivity contribution >= 4 is 10.1 Å². The quantitative estimate of drug-likeness (QED) is 0.268. The Labute approximate surface area is 99.2 Å². The van der Waals surface area contributed by atoms with Gasteiger partial charge in [0.25, 0.3) is 0 Å². The zero-order chi connectivity index (χ0) is 9.03. The summed E-state index contributed by atoms with van der Waals surface area (Å²) in [6.45, 7) is 0. The van der Waals surface area contributed by atoms with Crippen LogP contribution in [0.3, 0.4) is 0 Å². The molecular formula is C8H5NaO3S. The van der Waals surface area contributed by atoms with Gasteiger partial charge in [-0.2, -0.15) is 0 Å². The summed E-state index contributed by atoms with van der Waals surface area (Å²) in [6, 6.07) is 8.44. The van der Waals surface area contributed by atoms with Crippen LogP contribution in [0.5, 0.6) is 0 Å². The zero-order valence-corrected chi connectivity index (χ0v) is 9.84. The maximum atomic E-state index is 10.1. The Kier molecular flexibility index (Phi) is 5.30. The van der Waals surface area contributed by atoms with E-state index in [4.69, 9.17) is 0 Å². The van der Waals surface area contributed by atoms with E-state index in [9.17, 15) is 13.0 Å². The largest absolute Gasteiger partial charge is 1.00 e. The van der Waals surface area contributed by atoms with Crippen molar-refractivity contribution in [2.75, 3.05) is 0 Å². The van der Waals surface area contributed by atoms with Gasteiger partial charge < -0.3 is 4.55 Å². The van der Waals surface area contributed by atoms with Crippen LogP contribution in [0.2, 0.25) is 0 Å². The van der Waals surface area contributed by atoms with Gasteiger partial charge >= 0.3 is 29.6 Å². The Morgan fingerprint density at radius 3 is 2.15 bits per heavy atom. The van der Waals surface area contributed by atoms with Gasteiger partial charge in [0.15, 0.2) is 10.1 Å². The van der Waals surface area contributed by atoms with E-state index in [0.29, 0.717) is 5.56 Å². The minimum atomic E-state index is -4.43. The molecule has 0 saturated heterocycles. The summed E-state index contributed by atoms with van der Waals surface area (Å²) in [5, 5.41) is 1.60. The van der Waals surface area contributed by atoms with E-state index in [1.165, 1.54) is 0 Å². The molecule has 0 aliphatic carbocycles. The Morgan fingerprint density at radius 2 is 1.69 bits per heavy atom. The molecule has 62 valence electrons. The maximum Gasteiger partial charge on any atom is 1.00 e. The molecule has 0 saturated carbocycles. The van der Waals surface area contributed by atoms with Crippen molar-refractivity contribution in [3.63, 3.8) is 0 Å². The molecule has 0 spiro atoms. The molecule has 0 bridgehead atoms. The molecule has 0 fully saturated rings. The van der Waals surface area contributed by atoms with Crippen LogP contribution in [-0.4, -0.2) is 13.0 Å². The third-order valence-electron chi connectivity index (χ3n) is 1.09. The first-order valence-corrected chi connectivity index (χ1v) is 4.52. The summed E-state index contributed by atoms with van der Waals surface area (Å²) in [4.78, 5) is 0. The fourth-order valence-electron chi connectivity index (χ4n) is 0.643. The topological polar surface area (TPSA) is 57.2 Å². The van der Waals surface area contributed by atoms with Gasteiger partial charge in [-0.3, -0.25) is 0 Å². The molecule has 1 aromatic rings. The van der Waals surface area contributed by atoms with Crippen LogP contribution in [0.25, 0.3) is 0 Å². The summed E-state index contributed by atoms with van der Waals surface area (Å²) < 4.78 is 30.2. The summed E-state index contributed by atoms with van der Waals surface area (Å²) >= 11 is 0. The maximum absolute atomic E-state index is 10.1. The SMILES string of the molecule is O=S(=O)([O-])C#Cc1ccccc1.[Na+]. The van der Waals surface area contributed by atoms with Gasteiger partial charge in [0.1, 0.15) is 0 Å². The smallest absolute Gasteiger partial charge is 0.738 e. The van der Waals surface area contributed by atoms with E-state index in [-0.39, 0.29) is 29.6 Å². The number of benzene rings is 1. The molecule has 0 aliphatic rings. The van der Waals surface area contributed by atoms with Gasteiger partial charge in [0.2, 0.25) is 0 Å². The van der Waals surface area contributed by atoms with Crippen molar-refractivity contribution in [3.05, 3.63) is 35.9 Å². The first-order chi connectivity index (χ1) is 5.58. The van der Waals surface area contributed by atoms with Crippen molar-refractivity contribution in [3.8, 4) is 11.2 Å². The second kappa shape index (κ2) is 5.43. The molecule has 0 amide bonds.